The van der Waals surface area contributed by atoms with Gasteiger partial charge in [0.05, 0.1) is 17.3 Å². The van der Waals surface area contributed by atoms with Crippen molar-refractivity contribution in [3.05, 3.63) is 52.2 Å². The van der Waals surface area contributed by atoms with Gasteiger partial charge in [0.2, 0.25) is 0 Å². The van der Waals surface area contributed by atoms with E-state index >= 15 is 0 Å². The molecule has 2 aromatic rings. The molecule has 1 aromatic carbocycles. The molecule has 1 heterocycles. The summed E-state index contributed by atoms with van der Waals surface area (Å²) in [7, 11) is 0.758. The first-order chi connectivity index (χ1) is 10.7. The Morgan fingerprint density at radius 1 is 1.18 bits per heavy atom. The van der Waals surface area contributed by atoms with Crippen molar-refractivity contribution < 1.29 is 4.21 Å². The van der Waals surface area contributed by atoms with Gasteiger partial charge in [-0.15, -0.1) is 11.3 Å². The third-order valence-corrected chi connectivity index (χ3v) is 5.41. The van der Waals surface area contributed by atoms with E-state index in [4.69, 9.17) is 0 Å². The second-order valence-corrected chi connectivity index (χ2v) is 7.67. The SMILES string of the molecule is CN=C(NCCS(=O)c1ccccc1)NCc1ccc(C)s1. The van der Waals surface area contributed by atoms with E-state index < -0.39 is 10.8 Å². The van der Waals surface area contributed by atoms with Crippen LogP contribution in [0.1, 0.15) is 9.75 Å². The summed E-state index contributed by atoms with van der Waals surface area (Å²) < 4.78 is 12.1. The number of hydrogen-bond donors (Lipinski definition) is 2. The number of thiophene rings is 1. The highest BCUT2D eigenvalue weighted by molar-refractivity contribution is 7.85. The van der Waals surface area contributed by atoms with Crippen molar-refractivity contribution in [2.45, 2.75) is 18.4 Å². The molecule has 0 fully saturated rings. The molecule has 4 nitrogen and oxygen atoms in total. The summed E-state index contributed by atoms with van der Waals surface area (Å²) in [6.45, 7) is 3.46. The Hall–Kier alpha value is -1.66. The molecule has 0 amide bonds. The van der Waals surface area contributed by atoms with Crippen LogP contribution in [0.15, 0.2) is 52.4 Å². The third kappa shape index (κ3) is 5.27. The maximum Gasteiger partial charge on any atom is 0.191 e. The zero-order chi connectivity index (χ0) is 15.8. The number of rotatable bonds is 6. The molecule has 2 rings (SSSR count). The Labute approximate surface area is 138 Å². The Balaban J connectivity index is 1.73. The summed E-state index contributed by atoms with van der Waals surface area (Å²) in [4.78, 5) is 7.62. The van der Waals surface area contributed by atoms with Gasteiger partial charge in [-0.2, -0.15) is 0 Å². The van der Waals surface area contributed by atoms with Crippen molar-refractivity contribution in [1.82, 2.24) is 10.6 Å². The summed E-state index contributed by atoms with van der Waals surface area (Å²) in [5, 5.41) is 6.46. The average Bonchev–Trinajstić information content (AvgIpc) is 2.96. The van der Waals surface area contributed by atoms with Gasteiger partial charge in [0, 0.05) is 34.0 Å². The van der Waals surface area contributed by atoms with Crippen molar-refractivity contribution >= 4 is 28.1 Å². The molecule has 1 atom stereocenters. The van der Waals surface area contributed by atoms with Gasteiger partial charge in [-0.05, 0) is 31.2 Å². The third-order valence-electron chi connectivity index (χ3n) is 3.04. The smallest absolute Gasteiger partial charge is 0.191 e. The monoisotopic (exact) mass is 335 g/mol. The first kappa shape index (κ1) is 16.7. The van der Waals surface area contributed by atoms with Gasteiger partial charge >= 0.3 is 0 Å². The Morgan fingerprint density at radius 3 is 2.59 bits per heavy atom. The second-order valence-electron chi connectivity index (χ2n) is 4.73. The average molecular weight is 335 g/mol. The van der Waals surface area contributed by atoms with E-state index in [0.29, 0.717) is 12.3 Å². The van der Waals surface area contributed by atoms with E-state index in [1.54, 1.807) is 18.4 Å². The molecule has 6 heteroatoms. The number of nitrogens with one attached hydrogen (secondary N) is 2. The highest BCUT2D eigenvalue weighted by Gasteiger charge is 2.04. The fourth-order valence-electron chi connectivity index (χ4n) is 1.92. The van der Waals surface area contributed by atoms with Crippen LogP contribution in [0.4, 0.5) is 0 Å². The molecule has 0 saturated heterocycles. The molecule has 0 spiro atoms. The number of aryl methyl sites for hydroxylation is 1. The standard InChI is InChI=1S/C16H21N3OS2/c1-13-8-9-14(21-13)12-19-16(17-2)18-10-11-22(20)15-6-4-3-5-7-15/h3-9H,10-12H2,1-2H3,(H2,17,18,19). The lowest BCUT2D eigenvalue weighted by molar-refractivity contribution is 0.681. The van der Waals surface area contributed by atoms with Crippen LogP contribution in [0.3, 0.4) is 0 Å². The molecule has 22 heavy (non-hydrogen) atoms. The summed E-state index contributed by atoms with van der Waals surface area (Å²) in [5.41, 5.74) is 0. The van der Waals surface area contributed by atoms with Gasteiger partial charge < -0.3 is 10.6 Å². The highest BCUT2D eigenvalue weighted by Crippen LogP contribution is 2.14. The van der Waals surface area contributed by atoms with Gasteiger partial charge in [-0.1, -0.05) is 18.2 Å². The number of nitrogens with zero attached hydrogens (tertiary/aromatic N) is 1. The lowest BCUT2D eigenvalue weighted by Gasteiger charge is -2.11. The molecular formula is C16H21N3OS2. The molecule has 0 aliphatic rings. The van der Waals surface area contributed by atoms with Crippen LogP contribution < -0.4 is 10.6 Å². The van der Waals surface area contributed by atoms with Crippen LogP contribution in [0, 0.1) is 6.92 Å². The molecular weight excluding hydrogens is 314 g/mol. The minimum atomic E-state index is -0.982. The Morgan fingerprint density at radius 2 is 1.95 bits per heavy atom. The maximum atomic E-state index is 12.1. The fourth-order valence-corrected chi connectivity index (χ4v) is 3.74. The number of aliphatic imine (C=N–C) groups is 1. The van der Waals surface area contributed by atoms with Crippen LogP contribution in [-0.2, 0) is 17.3 Å². The molecule has 118 valence electrons. The van der Waals surface area contributed by atoms with E-state index in [1.807, 2.05) is 30.3 Å². The van der Waals surface area contributed by atoms with Gasteiger partial charge in [0.15, 0.2) is 5.96 Å². The molecule has 0 aliphatic carbocycles. The zero-order valence-corrected chi connectivity index (χ0v) is 14.5. The lowest BCUT2D eigenvalue weighted by atomic mass is 10.4. The van der Waals surface area contributed by atoms with Crippen LogP contribution in [0.25, 0.3) is 0 Å². The second kappa shape index (κ2) is 8.70. The van der Waals surface area contributed by atoms with E-state index in [2.05, 4.69) is 34.7 Å². The zero-order valence-electron chi connectivity index (χ0n) is 12.8. The predicted octanol–water partition coefficient (Wildman–Crippen LogP) is 2.53. The van der Waals surface area contributed by atoms with Gasteiger partial charge in [0.25, 0.3) is 0 Å². The fraction of sp³-hybridized carbons (Fsp3) is 0.312. The van der Waals surface area contributed by atoms with Crippen LogP contribution in [-0.4, -0.2) is 29.5 Å². The largest absolute Gasteiger partial charge is 0.355 e. The van der Waals surface area contributed by atoms with Crippen molar-refractivity contribution in [2.24, 2.45) is 4.99 Å². The first-order valence-corrected chi connectivity index (χ1v) is 9.26. The molecule has 1 aromatic heterocycles. The Kier molecular flexibility index (Phi) is 6.61. The number of hydrogen-bond acceptors (Lipinski definition) is 3. The van der Waals surface area contributed by atoms with E-state index in [-0.39, 0.29) is 0 Å². The van der Waals surface area contributed by atoms with Crippen LogP contribution in [0.2, 0.25) is 0 Å². The van der Waals surface area contributed by atoms with E-state index in [0.717, 1.165) is 17.4 Å². The van der Waals surface area contributed by atoms with Crippen LogP contribution in [0.5, 0.6) is 0 Å². The molecule has 0 bridgehead atoms. The molecule has 0 saturated carbocycles. The summed E-state index contributed by atoms with van der Waals surface area (Å²) in [6, 6.07) is 13.8. The summed E-state index contributed by atoms with van der Waals surface area (Å²) >= 11 is 1.77. The van der Waals surface area contributed by atoms with Crippen molar-refractivity contribution in [1.29, 1.82) is 0 Å². The molecule has 2 N–H and O–H groups in total. The van der Waals surface area contributed by atoms with Gasteiger partial charge in [-0.25, -0.2) is 0 Å². The Bertz CT molecular complexity index is 638. The minimum absolute atomic E-state index is 0.558. The van der Waals surface area contributed by atoms with E-state index in [9.17, 15) is 4.21 Å². The van der Waals surface area contributed by atoms with Gasteiger partial charge in [0.1, 0.15) is 0 Å². The van der Waals surface area contributed by atoms with Gasteiger partial charge in [-0.3, -0.25) is 9.20 Å². The molecule has 0 radical (unpaired) electrons. The number of guanidine groups is 1. The summed E-state index contributed by atoms with van der Waals surface area (Å²) in [6.07, 6.45) is 0. The van der Waals surface area contributed by atoms with Crippen molar-refractivity contribution in [3.63, 3.8) is 0 Å². The number of benzene rings is 1. The van der Waals surface area contributed by atoms with Crippen LogP contribution >= 0.6 is 11.3 Å². The maximum absolute atomic E-state index is 12.1. The summed E-state index contributed by atoms with van der Waals surface area (Å²) in [5.74, 6) is 1.29. The molecule has 1 unspecified atom stereocenters. The highest BCUT2D eigenvalue weighted by atomic mass is 32.2. The normalized spacial score (nSPS) is 12.9. The molecule has 0 aliphatic heterocycles. The topological polar surface area (TPSA) is 53.5 Å². The first-order valence-electron chi connectivity index (χ1n) is 7.12. The predicted molar refractivity (Wildman–Crippen MR) is 95.0 cm³/mol. The van der Waals surface area contributed by atoms with Crippen molar-refractivity contribution in [3.8, 4) is 0 Å². The quantitative estimate of drug-likeness (QED) is 0.630. The minimum Gasteiger partial charge on any atom is -0.355 e. The van der Waals surface area contributed by atoms with E-state index in [1.165, 1.54) is 9.75 Å². The van der Waals surface area contributed by atoms with Crippen molar-refractivity contribution in [2.75, 3.05) is 19.3 Å². The lowest BCUT2D eigenvalue weighted by Crippen LogP contribution is -2.38.